The molecular formula is C21H32N4O4. The Morgan fingerprint density at radius 3 is 2.55 bits per heavy atom. The number of rotatable bonds is 5. The van der Waals surface area contributed by atoms with Crippen LogP contribution in [0.5, 0.6) is 0 Å². The molecule has 2 fully saturated rings. The van der Waals surface area contributed by atoms with E-state index in [0.29, 0.717) is 25.5 Å². The molecule has 1 aromatic heterocycles. The molecule has 0 saturated carbocycles. The first kappa shape index (κ1) is 21.5. The molecule has 8 heteroatoms. The maximum Gasteiger partial charge on any atom is 0.251 e. The number of aromatic amines is 1. The van der Waals surface area contributed by atoms with Crippen molar-refractivity contribution in [1.82, 2.24) is 19.8 Å². The van der Waals surface area contributed by atoms with Crippen LogP contribution in [-0.2, 0) is 14.3 Å². The summed E-state index contributed by atoms with van der Waals surface area (Å²) in [6, 6.07) is 1.58. The largest absolute Gasteiger partial charge is 0.375 e. The predicted octanol–water partition coefficient (Wildman–Crippen LogP) is 1.48. The second-order valence-corrected chi connectivity index (χ2v) is 8.42. The Morgan fingerprint density at radius 2 is 1.90 bits per heavy atom. The minimum absolute atomic E-state index is 0.00160. The van der Waals surface area contributed by atoms with Gasteiger partial charge >= 0.3 is 0 Å². The molecule has 0 bridgehead atoms. The van der Waals surface area contributed by atoms with Crippen molar-refractivity contribution in [3.8, 4) is 0 Å². The predicted molar refractivity (Wildman–Crippen MR) is 109 cm³/mol. The van der Waals surface area contributed by atoms with Crippen molar-refractivity contribution in [2.75, 3.05) is 39.9 Å². The van der Waals surface area contributed by atoms with Crippen LogP contribution in [0.3, 0.4) is 0 Å². The molecule has 160 valence electrons. The van der Waals surface area contributed by atoms with Gasteiger partial charge in [-0.15, -0.1) is 0 Å². The molecule has 3 heterocycles. The second-order valence-electron chi connectivity index (χ2n) is 8.42. The summed E-state index contributed by atoms with van der Waals surface area (Å²) in [4.78, 5) is 48.1. The van der Waals surface area contributed by atoms with Crippen molar-refractivity contribution in [2.24, 2.45) is 5.92 Å². The number of aromatic nitrogens is 2. The van der Waals surface area contributed by atoms with Crippen LogP contribution >= 0.6 is 0 Å². The molecule has 1 N–H and O–H groups in total. The van der Waals surface area contributed by atoms with E-state index in [1.54, 1.807) is 11.0 Å². The maximum atomic E-state index is 12.4. The smallest absolute Gasteiger partial charge is 0.251 e. The second kappa shape index (κ2) is 9.52. The minimum atomic E-state index is -0.143. The third kappa shape index (κ3) is 5.23. The SMILES string of the molecule is COCC(=O)N1CCC(c2nc([C@@H]3CCCN(C(=O)C(C)C)C3)cc(=O)[nH]2)CC1. The Morgan fingerprint density at radius 1 is 1.17 bits per heavy atom. The molecule has 0 aliphatic carbocycles. The Hall–Kier alpha value is -2.22. The van der Waals surface area contributed by atoms with Crippen molar-refractivity contribution in [2.45, 2.75) is 51.4 Å². The van der Waals surface area contributed by atoms with E-state index in [-0.39, 0.29) is 41.7 Å². The normalized spacial score (nSPS) is 20.9. The molecule has 1 atom stereocenters. The van der Waals surface area contributed by atoms with Crippen molar-refractivity contribution >= 4 is 11.8 Å². The summed E-state index contributed by atoms with van der Waals surface area (Å²) in [5, 5.41) is 0. The topological polar surface area (TPSA) is 95.6 Å². The highest BCUT2D eigenvalue weighted by Gasteiger charge is 2.29. The minimum Gasteiger partial charge on any atom is -0.375 e. The molecule has 2 amide bonds. The summed E-state index contributed by atoms with van der Waals surface area (Å²) in [6.45, 7) is 6.61. The average Bonchev–Trinajstić information content (AvgIpc) is 2.73. The van der Waals surface area contributed by atoms with Crippen LogP contribution in [0.2, 0.25) is 0 Å². The van der Waals surface area contributed by atoms with Crippen LogP contribution in [-0.4, -0.2) is 71.5 Å². The Labute approximate surface area is 171 Å². The molecule has 2 aliphatic heterocycles. The van der Waals surface area contributed by atoms with Gasteiger partial charge in [-0.05, 0) is 25.7 Å². The number of ether oxygens (including phenoxy) is 1. The van der Waals surface area contributed by atoms with Gasteiger partial charge in [-0.1, -0.05) is 13.8 Å². The van der Waals surface area contributed by atoms with Gasteiger partial charge in [-0.25, -0.2) is 4.98 Å². The molecule has 2 aliphatic rings. The fourth-order valence-corrected chi connectivity index (χ4v) is 4.30. The number of hydrogen-bond acceptors (Lipinski definition) is 5. The van der Waals surface area contributed by atoms with Crippen LogP contribution in [0.25, 0.3) is 0 Å². The molecule has 1 aromatic rings. The number of hydrogen-bond donors (Lipinski definition) is 1. The summed E-state index contributed by atoms with van der Waals surface area (Å²) in [5.41, 5.74) is 0.637. The summed E-state index contributed by atoms with van der Waals surface area (Å²) < 4.78 is 4.93. The van der Waals surface area contributed by atoms with Crippen LogP contribution in [0, 0.1) is 5.92 Å². The quantitative estimate of drug-likeness (QED) is 0.802. The maximum absolute atomic E-state index is 12.4. The van der Waals surface area contributed by atoms with Crippen molar-refractivity contribution in [1.29, 1.82) is 0 Å². The van der Waals surface area contributed by atoms with E-state index in [2.05, 4.69) is 4.98 Å². The number of likely N-dealkylation sites (tertiary alicyclic amines) is 2. The van der Waals surface area contributed by atoms with Gasteiger partial charge in [0.1, 0.15) is 12.4 Å². The summed E-state index contributed by atoms with van der Waals surface area (Å²) in [7, 11) is 1.52. The number of piperidine rings is 2. The van der Waals surface area contributed by atoms with Crippen molar-refractivity contribution < 1.29 is 14.3 Å². The first-order valence-electron chi connectivity index (χ1n) is 10.6. The molecule has 29 heavy (non-hydrogen) atoms. The summed E-state index contributed by atoms with van der Waals surface area (Å²) in [5.74, 6) is 1.06. The molecule has 0 spiro atoms. The van der Waals surface area contributed by atoms with Crippen LogP contribution in [0.1, 0.15) is 62.9 Å². The first-order valence-corrected chi connectivity index (χ1v) is 10.6. The average molecular weight is 405 g/mol. The van der Waals surface area contributed by atoms with Gasteiger partial charge in [0.2, 0.25) is 11.8 Å². The van der Waals surface area contributed by atoms with Gasteiger partial charge in [-0.2, -0.15) is 0 Å². The van der Waals surface area contributed by atoms with Gasteiger partial charge in [0.15, 0.2) is 0 Å². The summed E-state index contributed by atoms with van der Waals surface area (Å²) >= 11 is 0. The first-order chi connectivity index (χ1) is 13.9. The molecular weight excluding hydrogens is 372 g/mol. The number of methoxy groups -OCH3 is 1. The standard InChI is InChI=1S/C21H32N4O4/c1-14(2)21(28)25-8-4-5-16(12-25)17-11-18(26)23-20(22-17)15-6-9-24(10-7-15)19(27)13-29-3/h11,14-16H,4-10,12-13H2,1-3H3,(H,22,23,26)/t16-/m1/s1. The van der Waals surface area contributed by atoms with Gasteiger partial charge in [0.05, 0.1) is 5.69 Å². The molecule has 0 radical (unpaired) electrons. The van der Waals surface area contributed by atoms with E-state index < -0.39 is 0 Å². The highest BCUT2D eigenvalue weighted by Crippen LogP contribution is 2.29. The molecule has 0 aromatic carbocycles. The van der Waals surface area contributed by atoms with Gasteiger partial charge in [-0.3, -0.25) is 14.4 Å². The molecule has 8 nitrogen and oxygen atoms in total. The zero-order chi connectivity index (χ0) is 21.0. The number of H-pyrrole nitrogens is 1. The summed E-state index contributed by atoms with van der Waals surface area (Å²) in [6.07, 6.45) is 3.39. The van der Waals surface area contributed by atoms with E-state index in [4.69, 9.17) is 9.72 Å². The van der Waals surface area contributed by atoms with E-state index in [1.165, 1.54) is 7.11 Å². The van der Waals surface area contributed by atoms with Crippen LogP contribution < -0.4 is 5.56 Å². The van der Waals surface area contributed by atoms with Crippen LogP contribution in [0.4, 0.5) is 0 Å². The monoisotopic (exact) mass is 404 g/mol. The van der Waals surface area contributed by atoms with E-state index in [0.717, 1.165) is 37.9 Å². The lowest BCUT2D eigenvalue weighted by Crippen LogP contribution is -2.42. The molecule has 0 unspecified atom stereocenters. The lowest BCUT2D eigenvalue weighted by atomic mass is 9.92. The number of amides is 2. The van der Waals surface area contributed by atoms with E-state index >= 15 is 0 Å². The molecule has 3 rings (SSSR count). The van der Waals surface area contributed by atoms with Crippen molar-refractivity contribution in [3.05, 3.63) is 27.9 Å². The third-order valence-electron chi connectivity index (χ3n) is 5.93. The zero-order valence-electron chi connectivity index (χ0n) is 17.6. The Balaban J connectivity index is 1.70. The number of nitrogens with zero attached hydrogens (tertiary/aromatic N) is 3. The highest BCUT2D eigenvalue weighted by molar-refractivity contribution is 5.78. The van der Waals surface area contributed by atoms with E-state index in [9.17, 15) is 14.4 Å². The number of carbonyl (C=O) groups is 2. The van der Waals surface area contributed by atoms with Gasteiger partial charge in [0.25, 0.3) is 5.56 Å². The van der Waals surface area contributed by atoms with Crippen LogP contribution in [0.15, 0.2) is 10.9 Å². The lowest BCUT2D eigenvalue weighted by molar-refractivity contribution is -0.136. The molecule has 2 saturated heterocycles. The van der Waals surface area contributed by atoms with Gasteiger partial charge < -0.3 is 19.5 Å². The lowest BCUT2D eigenvalue weighted by Gasteiger charge is -2.34. The Kier molecular flexibility index (Phi) is 7.05. The highest BCUT2D eigenvalue weighted by atomic mass is 16.5. The van der Waals surface area contributed by atoms with Crippen molar-refractivity contribution in [3.63, 3.8) is 0 Å². The third-order valence-corrected chi connectivity index (χ3v) is 5.93. The fraction of sp³-hybridized carbons (Fsp3) is 0.714. The van der Waals surface area contributed by atoms with Gasteiger partial charge in [0, 0.05) is 57.1 Å². The Bertz CT molecular complexity index is 783. The fourth-order valence-electron chi connectivity index (χ4n) is 4.30. The number of carbonyl (C=O) groups excluding carboxylic acids is 2. The van der Waals surface area contributed by atoms with E-state index in [1.807, 2.05) is 18.7 Å². The zero-order valence-corrected chi connectivity index (χ0v) is 17.6. The number of nitrogens with one attached hydrogen (secondary N) is 1.